The van der Waals surface area contributed by atoms with Crippen molar-refractivity contribution in [3.63, 3.8) is 0 Å². The van der Waals surface area contributed by atoms with Gasteiger partial charge in [-0.05, 0) is 72.8 Å². The van der Waals surface area contributed by atoms with Crippen LogP contribution in [0.15, 0.2) is 83.2 Å². The topological polar surface area (TPSA) is 54.8 Å². The van der Waals surface area contributed by atoms with Crippen LogP contribution in [0.4, 0.5) is 5.69 Å². The van der Waals surface area contributed by atoms with Crippen molar-refractivity contribution < 1.29 is 13.2 Å². The molecule has 1 saturated heterocycles. The summed E-state index contributed by atoms with van der Waals surface area (Å²) < 4.78 is 35.4. The first-order valence-corrected chi connectivity index (χ1v) is 15.2. The standard InChI is InChI=1S/C30H31N3O3S2/c1-22-6-9-25(10-7-22)38(34,35)33-21-23(27-20-24(36-2)8-11-29(27)33)12-14-31-15-17-32(18-16-31)28-4-3-5-30-26(28)13-19-37-30/h3-11,13,19-21H,12,14-18H2,1-2H3. The van der Waals surface area contributed by atoms with Crippen LogP contribution in [0.25, 0.3) is 21.0 Å². The van der Waals surface area contributed by atoms with Crippen molar-refractivity contribution in [3.05, 3.63) is 89.4 Å². The van der Waals surface area contributed by atoms with Crippen LogP contribution < -0.4 is 9.64 Å². The summed E-state index contributed by atoms with van der Waals surface area (Å²) in [5, 5.41) is 4.42. The summed E-state index contributed by atoms with van der Waals surface area (Å²) in [6.07, 6.45) is 2.56. The number of fused-ring (bicyclic) bond motifs is 2. The molecule has 2 aromatic heterocycles. The second-order valence-corrected chi connectivity index (χ2v) is 12.6. The second kappa shape index (κ2) is 10.1. The van der Waals surface area contributed by atoms with Crippen molar-refractivity contribution >= 4 is 48.0 Å². The van der Waals surface area contributed by atoms with E-state index in [1.807, 2.05) is 37.3 Å². The molecule has 0 saturated carbocycles. The van der Waals surface area contributed by atoms with E-state index in [1.165, 1.54) is 19.7 Å². The largest absolute Gasteiger partial charge is 0.497 e. The molecule has 0 N–H and O–H groups in total. The highest BCUT2D eigenvalue weighted by Gasteiger charge is 2.23. The minimum absolute atomic E-state index is 0.291. The summed E-state index contributed by atoms with van der Waals surface area (Å²) in [5.74, 6) is 0.723. The maximum absolute atomic E-state index is 13.6. The van der Waals surface area contributed by atoms with Gasteiger partial charge in [0, 0.05) is 60.1 Å². The van der Waals surface area contributed by atoms with Crippen LogP contribution in [-0.4, -0.2) is 57.1 Å². The first-order valence-electron chi connectivity index (χ1n) is 12.9. The molecule has 38 heavy (non-hydrogen) atoms. The highest BCUT2D eigenvalue weighted by molar-refractivity contribution is 7.90. The van der Waals surface area contributed by atoms with Gasteiger partial charge >= 0.3 is 0 Å². The lowest BCUT2D eigenvalue weighted by Gasteiger charge is -2.36. The Morgan fingerprint density at radius 1 is 0.921 bits per heavy atom. The van der Waals surface area contributed by atoms with Crippen molar-refractivity contribution in [1.29, 1.82) is 0 Å². The van der Waals surface area contributed by atoms with Crippen LogP contribution in [0.2, 0.25) is 0 Å². The van der Waals surface area contributed by atoms with Crippen molar-refractivity contribution in [3.8, 4) is 5.75 Å². The van der Waals surface area contributed by atoms with Crippen LogP contribution in [0.3, 0.4) is 0 Å². The zero-order valence-corrected chi connectivity index (χ0v) is 23.3. The van der Waals surface area contributed by atoms with Crippen molar-refractivity contribution in [2.24, 2.45) is 0 Å². The molecule has 0 unspecified atom stereocenters. The number of hydrogen-bond donors (Lipinski definition) is 0. The van der Waals surface area contributed by atoms with Gasteiger partial charge in [0.2, 0.25) is 0 Å². The zero-order chi connectivity index (χ0) is 26.3. The highest BCUT2D eigenvalue weighted by Crippen LogP contribution is 2.32. The molecule has 196 valence electrons. The van der Waals surface area contributed by atoms with E-state index in [0.29, 0.717) is 10.4 Å². The average molecular weight is 546 g/mol. The fraction of sp³-hybridized carbons (Fsp3) is 0.267. The maximum Gasteiger partial charge on any atom is 0.268 e. The van der Waals surface area contributed by atoms with Gasteiger partial charge in [-0.2, -0.15) is 0 Å². The first kappa shape index (κ1) is 25.0. The molecule has 0 atom stereocenters. The summed E-state index contributed by atoms with van der Waals surface area (Å²) in [6.45, 7) is 6.73. The van der Waals surface area contributed by atoms with Gasteiger partial charge in [0.05, 0.1) is 17.5 Å². The molecule has 0 aliphatic carbocycles. The van der Waals surface area contributed by atoms with E-state index in [1.54, 1.807) is 36.8 Å². The summed E-state index contributed by atoms with van der Waals surface area (Å²) in [5.41, 5.74) is 4.04. The van der Waals surface area contributed by atoms with E-state index in [2.05, 4.69) is 39.4 Å². The van der Waals surface area contributed by atoms with E-state index in [4.69, 9.17) is 4.74 Å². The number of ether oxygens (including phenoxy) is 1. The average Bonchev–Trinajstić information content (AvgIpc) is 3.57. The SMILES string of the molecule is COc1ccc2c(c1)c(CCN1CCN(c3cccc4sccc34)CC1)cn2S(=O)(=O)c1ccc(C)cc1. The number of anilines is 1. The number of benzene rings is 3. The molecule has 3 aromatic carbocycles. The fourth-order valence-electron chi connectivity index (χ4n) is 5.34. The Bertz CT molecular complexity index is 1700. The lowest BCUT2D eigenvalue weighted by atomic mass is 10.1. The van der Waals surface area contributed by atoms with Gasteiger partial charge in [-0.15, -0.1) is 11.3 Å². The minimum atomic E-state index is -3.72. The predicted molar refractivity (Wildman–Crippen MR) is 156 cm³/mol. The van der Waals surface area contributed by atoms with E-state index in [-0.39, 0.29) is 0 Å². The monoisotopic (exact) mass is 545 g/mol. The highest BCUT2D eigenvalue weighted by atomic mass is 32.2. The van der Waals surface area contributed by atoms with Crippen LogP contribution in [0.1, 0.15) is 11.1 Å². The molecule has 0 bridgehead atoms. The number of aryl methyl sites for hydroxylation is 1. The Morgan fingerprint density at radius 2 is 1.71 bits per heavy atom. The molecule has 3 heterocycles. The van der Waals surface area contributed by atoms with Crippen molar-refractivity contribution in [2.45, 2.75) is 18.2 Å². The van der Waals surface area contributed by atoms with Gasteiger partial charge in [0.15, 0.2) is 0 Å². The molecular weight excluding hydrogens is 514 g/mol. The van der Waals surface area contributed by atoms with E-state index in [0.717, 1.165) is 61.4 Å². The number of thiophene rings is 1. The third-order valence-electron chi connectivity index (χ3n) is 7.52. The molecule has 0 spiro atoms. The van der Waals surface area contributed by atoms with Gasteiger partial charge in [-0.1, -0.05) is 23.8 Å². The van der Waals surface area contributed by atoms with Gasteiger partial charge in [0.1, 0.15) is 5.75 Å². The van der Waals surface area contributed by atoms with Crippen LogP contribution in [-0.2, 0) is 16.4 Å². The normalized spacial score (nSPS) is 14.9. The molecule has 6 rings (SSSR count). The molecular formula is C30H31N3O3S2. The zero-order valence-electron chi connectivity index (χ0n) is 21.6. The Morgan fingerprint density at radius 3 is 2.47 bits per heavy atom. The van der Waals surface area contributed by atoms with Gasteiger partial charge in [0.25, 0.3) is 10.0 Å². The van der Waals surface area contributed by atoms with Crippen LogP contribution in [0, 0.1) is 6.92 Å². The third-order valence-corrected chi connectivity index (χ3v) is 10.1. The molecule has 1 fully saturated rings. The Labute approximate surface area is 227 Å². The van der Waals surface area contributed by atoms with Crippen LogP contribution >= 0.6 is 11.3 Å². The Balaban J connectivity index is 1.22. The summed E-state index contributed by atoms with van der Waals surface area (Å²) >= 11 is 1.79. The number of aromatic nitrogens is 1. The van der Waals surface area contributed by atoms with Gasteiger partial charge in [-0.3, -0.25) is 4.90 Å². The van der Waals surface area contributed by atoms with E-state index < -0.39 is 10.0 Å². The number of hydrogen-bond acceptors (Lipinski definition) is 6. The molecule has 1 aliphatic heterocycles. The Kier molecular flexibility index (Phi) is 6.63. The Hall–Kier alpha value is -3.33. The first-order chi connectivity index (χ1) is 18.4. The lowest BCUT2D eigenvalue weighted by molar-refractivity contribution is 0.261. The van der Waals surface area contributed by atoms with Crippen molar-refractivity contribution in [1.82, 2.24) is 8.87 Å². The van der Waals surface area contributed by atoms with E-state index in [9.17, 15) is 8.42 Å². The number of methoxy groups -OCH3 is 1. The summed E-state index contributed by atoms with van der Waals surface area (Å²) in [6, 6.07) is 21.4. The van der Waals surface area contributed by atoms with Gasteiger partial charge in [-0.25, -0.2) is 12.4 Å². The minimum Gasteiger partial charge on any atom is -0.497 e. The van der Waals surface area contributed by atoms with Gasteiger partial charge < -0.3 is 9.64 Å². The molecule has 1 aliphatic rings. The number of nitrogens with zero attached hydrogens (tertiary/aromatic N) is 3. The fourth-order valence-corrected chi connectivity index (χ4v) is 7.54. The molecule has 0 radical (unpaired) electrons. The summed E-state index contributed by atoms with van der Waals surface area (Å²) in [4.78, 5) is 5.25. The van der Waals surface area contributed by atoms with Crippen LogP contribution in [0.5, 0.6) is 5.75 Å². The van der Waals surface area contributed by atoms with E-state index >= 15 is 0 Å². The molecule has 8 heteroatoms. The number of piperazine rings is 1. The molecule has 0 amide bonds. The summed E-state index contributed by atoms with van der Waals surface area (Å²) in [7, 11) is -2.08. The second-order valence-electron chi connectivity index (χ2n) is 9.84. The van der Waals surface area contributed by atoms with Crippen molar-refractivity contribution in [2.75, 3.05) is 44.7 Å². The predicted octanol–water partition coefficient (Wildman–Crippen LogP) is 5.77. The third kappa shape index (κ3) is 4.57. The molecule has 6 nitrogen and oxygen atoms in total. The molecule has 5 aromatic rings. The lowest BCUT2D eigenvalue weighted by Crippen LogP contribution is -2.47. The quantitative estimate of drug-likeness (QED) is 0.260. The smallest absolute Gasteiger partial charge is 0.268 e. The number of rotatable bonds is 7. The maximum atomic E-state index is 13.6.